The van der Waals surface area contributed by atoms with E-state index in [2.05, 4.69) is 4.72 Å². The first-order valence-electron chi connectivity index (χ1n) is 7.81. The average Bonchev–Trinajstić information content (AvgIpc) is 2.59. The maximum atomic E-state index is 13.2. The average molecular weight is 355 g/mol. The highest BCUT2D eigenvalue weighted by Crippen LogP contribution is 2.34. The third-order valence-electron chi connectivity index (χ3n) is 4.45. The van der Waals surface area contributed by atoms with Crippen LogP contribution in [-0.2, 0) is 20.4 Å². The van der Waals surface area contributed by atoms with Gasteiger partial charge in [-0.3, -0.25) is 0 Å². The lowest BCUT2D eigenvalue weighted by atomic mass is 9.74. The Hall–Kier alpha value is -1.53. The SMILES string of the molecule is CN(CCC#N)S(=O)(=O)NCC1(c2ccc(F)cc2)CCOCC1. The van der Waals surface area contributed by atoms with Crippen LogP contribution in [0.2, 0.25) is 0 Å². The topological polar surface area (TPSA) is 82.4 Å². The van der Waals surface area contributed by atoms with Crippen molar-refractivity contribution in [2.45, 2.75) is 24.7 Å². The van der Waals surface area contributed by atoms with Gasteiger partial charge in [0.05, 0.1) is 6.07 Å². The maximum absolute atomic E-state index is 13.2. The molecule has 0 aromatic heterocycles. The largest absolute Gasteiger partial charge is 0.381 e. The Bertz CT molecular complexity index is 680. The summed E-state index contributed by atoms with van der Waals surface area (Å²) in [6.45, 7) is 1.41. The summed E-state index contributed by atoms with van der Waals surface area (Å²) in [5, 5.41) is 8.59. The number of hydrogen-bond donors (Lipinski definition) is 1. The van der Waals surface area contributed by atoms with Crippen LogP contribution in [0.3, 0.4) is 0 Å². The van der Waals surface area contributed by atoms with Gasteiger partial charge in [0.15, 0.2) is 0 Å². The van der Waals surface area contributed by atoms with Crippen LogP contribution in [0.1, 0.15) is 24.8 Å². The normalized spacial score (nSPS) is 17.6. The van der Waals surface area contributed by atoms with E-state index in [-0.39, 0.29) is 25.3 Å². The molecule has 1 aromatic rings. The zero-order chi connectivity index (χ0) is 17.6. The van der Waals surface area contributed by atoms with Gasteiger partial charge in [-0.25, -0.2) is 9.11 Å². The van der Waals surface area contributed by atoms with Crippen LogP contribution >= 0.6 is 0 Å². The standard InChI is InChI=1S/C16H22FN3O3S/c1-20(10-2-9-18)24(21,22)19-13-16(7-11-23-12-8-16)14-3-5-15(17)6-4-14/h3-6,19H,2,7-8,10-13H2,1H3. The number of nitrogens with zero attached hydrogens (tertiary/aromatic N) is 2. The van der Waals surface area contributed by atoms with E-state index < -0.39 is 15.6 Å². The summed E-state index contributed by atoms with van der Waals surface area (Å²) in [4.78, 5) is 0. The molecule has 0 amide bonds. The molecule has 1 aliphatic heterocycles. The fraction of sp³-hybridized carbons (Fsp3) is 0.562. The summed E-state index contributed by atoms with van der Waals surface area (Å²) in [7, 11) is -2.23. The van der Waals surface area contributed by atoms with Gasteiger partial charge in [-0.15, -0.1) is 0 Å². The molecule has 0 bridgehead atoms. The number of rotatable bonds is 7. The summed E-state index contributed by atoms with van der Waals surface area (Å²) in [6.07, 6.45) is 1.44. The van der Waals surface area contributed by atoms with Crippen LogP contribution in [0, 0.1) is 17.1 Å². The highest BCUT2D eigenvalue weighted by molar-refractivity contribution is 7.87. The molecule has 0 radical (unpaired) electrons. The van der Waals surface area contributed by atoms with Crippen molar-refractivity contribution in [1.29, 1.82) is 5.26 Å². The predicted molar refractivity (Wildman–Crippen MR) is 87.9 cm³/mol. The first-order valence-corrected chi connectivity index (χ1v) is 9.25. The van der Waals surface area contributed by atoms with Crippen LogP contribution in [0.5, 0.6) is 0 Å². The first kappa shape index (κ1) is 18.8. The number of nitriles is 1. The minimum atomic E-state index is -3.67. The van der Waals surface area contributed by atoms with Crippen molar-refractivity contribution < 1.29 is 17.5 Å². The Morgan fingerprint density at radius 1 is 1.33 bits per heavy atom. The molecule has 1 aromatic carbocycles. The molecule has 1 aliphatic rings. The van der Waals surface area contributed by atoms with Crippen LogP contribution < -0.4 is 4.72 Å². The quantitative estimate of drug-likeness (QED) is 0.804. The Kier molecular flexibility index (Phi) is 6.29. The number of hydrogen-bond acceptors (Lipinski definition) is 4. The van der Waals surface area contributed by atoms with Gasteiger partial charge in [-0.05, 0) is 30.5 Å². The van der Waals surface area contributed by atoms with Crippen molar-refractivity contribution >= 4 is 10.2 Å². The number of halogens is 1. The van der Waals surface area contributed by atoms with Crippen LogP contribution in [-0.4, -0.2) is 46.1 Å². The van der Waals surface area contributed by atoms with Crippen molar-refractivity contribution in [2.75, 3.05) is 33.4 Å². The van der Waals surface area contributed by atoms with Crippen LogP contribution in [0.25, 0.3) is 0 Å². The Labute approximate surface area is 142 Å². The molecule has 1 heterocycles. The second-order valence-corrected chi connectivity index (χ2v) is 7.82. The van der Waals surface area contributed by atoms with E-state index >= 15 is 0 Å². The minimum Gasteiger partial charge on any atom is -0.381 e. The lowest BCUT2D eigenvalue weighted by Gasteiger charge is -2.38. The molecule has 1 fully saturated rings. The number of ether oxygens (including phenoxy) is 1. The van der Waals surface area contributed by atoms with Gasteiger partial charge in [-0.1, -0.05) is 12.1 Å². The second-order valence-electron chi connectivity index (χ2n) is 5.96. The molecule has 1 saturated heterocycles. The molecule has 6 nitrogen and oxygen atoms in total. The van der Waals surface area contributed by atoms with Crippen molar-refractivity contribution in [1.82, 2.24) is 9.03 Å². The first-order chi connectivity index (χ1) is 11.4. The van der Waals surface area contributed by atoms with E-state index in [1.54, 1.807) is 12.1 Å². The fourth-order valence-electron chi connectivity index (χ4n) is 2.80. The van der Waals surface area contributed by atoms with E-state index in [1.165, 1.54) is 19.2 Å². The lowest BCUT2D eigenvalue weighted by Crippen LogP contribution is -2.48. The fourth-order valence-corrected chi connectivity index (χ4v) is 3.81. The Balaban J connectivity index is 2.15. The summed E-state index contributed by atoms with van der Waals surface area (Å²) >= 11 is 0. The van der Waals surface area contributed by atoms with Gasteiger partial charge in [0.1, 0.15) is 5.82 Å². The van der Waals surface area contributed by atoms with Gasteiger partial charge in [0, 0.05) is 45.2 Å². The molecule has 0 saturated carbocycles. The summed E-state index contributed by atoms with van der Waals surface area (Å²) in [5.41, 5.74) is 0.476. The molecule has 0 unspecified atom stereocenters. The van der Waals surface area contributed by atoms with Crippen molar-refractivity contribution in [3.8, 4) is 6.07 Å². The molecule has 0 spiro atoms. The summed E-state index contributed by atoms with van der Waals surface area (Å²) < 4.78 is 47.0. The second kappa shape index (κ2) is 8.03. The van der Waals surface area contributed by atoms with E-state index in [4.69, 9.17) is 10.00 Å². The van der Waals surface area contributed by atoms with E-state index in [0.29, 0.717) is 26.1 Å². The van der Waals surface area contributed by atoms with E-state index in [0.717, 1.165) is 9.87 Å². The molecule has 8 heteroatoms. The summed E-state index contributed by atoms with van der Waals surface area (Å²) in [5.74, 6) is -0.322. The third-order valence-corrected chi connectivity index (χ3v) is 5.96. The molecule has 132 valence electrons. The molecule has 0 aliphatic carbocycles. The lowest BCUT2D eigenvalue weighted by molar-refractivity contribution is 0.0515. The smallest absolute Gasteiger partial charge is 0.279 e. The van der Waals surface area contributed by atoms with E-state index in [1.807, 2.05) is 6.07 Å². The molecule has 24 heavy (non-hydrogen) atoms. The Morgan fingerprint density at radius 3 is 2.54 bits per heavy atom. The third kappa shape index (κ3) is 4.51. The van der Waals surface area contributed by atoms with Crippen LogP contribution in [0.4, 0.5) is 4.39 Å². The highest BCUT2D eigenvalue weighted by atomic mass is 32.2. The minimum absolute atomic E-state index is 0.133. The van der Waals surface area contributed by atoms with Gasteiger partial charge in [0.2, 0.25) is 0 Å². The molecular weight excluding hydrogens is 333 g/mol. The molecular formula is C16H22FN3O3S. The van der Waals surface area contributed by atoms with E-state index in [9.17, 15) is 12.8 Å². The van der Waals surface area contributed by atoms with Gasteiger partial charge < -0.3 is 4.74 Å². The van der Waals surface area contributed by atoms with Crippen LogP contribution in [0.15, 0.2) is 24.3 Å². The van der Waals surface area contributed by atoms with Crippen molar-refractivity contribution in [2.24, 2.45) is 0 Å². The zero-order valence-corrected chi connectivity index (χ0v) is 14.5. The van der Waals surface area contributed by atoms with Gasteiger partial charge in [0.25, 0.3) is 10.2 Å². The number of nitrogens with one attached hydrogen (secondary N) is 1. The predicted octanol–water partition coefficient (Wildman–Crippen LogP) is 1.55. The van der Waals surface area contributed by atoms with Gasteiger partial charge >= 0.3 is 0 Å². The van der Waals surface area contributed by atoms with Gasteiger partial charge in [-0.2, -0.15) is 18.0 Å². The maximum Gasteiger partial charge on any atom is 0.279 e. The highest BCUT2D eigenvalue weighted by Gasteiger charge is 2.36. The monoisotopic (exact) mass is 355 g/mol. The summed E-state index contributed by atoms with van der Waals surface area (Å²) in [6, 6.07) is 8.11. The Morgan fingerprint density at radius 2 is 1.96 bits per heavy atom. The molecule has 2 rings (SSSR count). The number of benzene rings is 1. The zero-order valence-electron chi connectivity index (χ0n) is 13.7. The van der Waals surface area contributed by atoms with Crippen molar-refractivity contribution in [3.63, 3.8) is 0 Å². The molecule has 1 N–H and O–H groups in total. The van der Waals surface area contributed by atoms with Crippen molar-refractivity contribution in [3.05, 3.63) is 35.6 Å². The molecule has 0 atom stereocenters.